The lowest BCUT2D eigenvalue weighted by molar-refractivity contribution is 0.436. The standard InChI is InChI=1S/C16H28N4S/c1-6-11(7-2)10(5)18-16-14(15(17)21)12(8-3)13(9-4)19-20-16/h10-11H,6-9H2,1-5H3,(H2,17,21)(H,18,20). The number of hydrogen-bond donors (Lipinski definition) is 2. The molecular weight excluding hydrogens is 280 g/mol. The third-order valence-corrected chi connectivity index (χ3v) is 4.42. The molecule has 0 radical (unpaired) electrons. The van der Waals surface area contributed by atoms with E-state index in [4.69, 9.17) is 18.0 Å². The first kappa shape index (κ1) is 17.8. The van der Waals surface area contributed by atoms with Gasteiger partial charge in [-0.15, -0.1) is 5.10 Å². The number of nitrogens with two attached hydrogens (primary N) is 1. The largest absolute Gasteiger partial charge is 0.389 e. The Morgan fingerprint density at radius 2 is 1.76 bits per heavy atom. The monoisotopic (exact) mass is 308 g/mol. The molecule has 0 bridgehead atoms. The third kappa shape index (κ3) is 4.13. The molecule has 0 aromatic carbocycles. The number of aromatic nitrogens is 2. The highest BCUT2D eigenvalue weighted by Gasteiger charge is 2.20. The molecule has 5 heteroatoms. The van der Waals surface area contributed by atoms with E-state index < -0.39 is 0 Å². The van der Waals surface area contributed by atoms with E-state index in [1.54, 1.807) is 0 Å². The van der Waals surface area contributed by atoms with Crippen molar-refractivity contribution in [1.29, 1.82) is 0 Å². The Hall–Kier alpha value is -1.23. The summed E-state index contributed by atoms with van der Waals surface area (Å²) in [6.45, 7) is 10.8. The number of nitrogens with one attached hydrogen (secondary N) is 1. The molecule has 0 saturated carbocycles. The number of hydrogen-bond acceptors (Lipinski definition) is 4. The van der Waals surface area contributed by atoms with Gasteiger partial charge in [0.05, 0.1) is 11.3 Å². The maximum Gasteiger partial charge on any atom is 0.159 e. The lowest BCUT2D eigenvalue weighted by Gasteiger charge is -2.25. The first-order chi connectivity index (χ1) is 9.99. The second-order valence-electron chi connectivity index (χ2n) is 5.43. The number of anilines is 1. The van der Waals surface area contributed by atoms with Crippen molar-refractivity contribution in [3.05, 3.63) is 16.8 Å². The first-order valence-corrected chi connectivity index (χ1v) is 8.35. The van der Waals surface area contributed by atoms with Crippen LogP contribution in [0.25, 0.3) is 0 Å². The molecule has 1 unspecified atom stereocenters. The van der Waals surface area contributed by atoms with Crippen molar-refractivity contribution >= 4 is 23.0 Å². The summed E-state index contributed by atoms with van der Waals surface area (Å²) in [7, 11) is 0. The molecule has 0 aliphatic heterocycles. The molecule has 0 amide bonds. The van der Waals surface area contributed by atoms with Crippen LogP contribution in [0.15, 0.2) is 0 Å². The van der Waals surface area contributed by atoms with Gasteiger partial charge in [-0.25, -0.2) is 0 Å². The van der Waals surface area contributed by atoms with Gasteiger partial charge in [0.2, 0.25) is 0 Å². The average Bonchev–Trinajstić information content (AvgIpc) is 2.47. The van der Waals surface area contributed by atoms with Crippen LogP contribution in [-0.2, 0) is 12.8 Å². The quantitative estimate of drug-likeness (QED) is 0.720. The van der Waals surface area contributed by atoms with E-state index in [1.165, 1.54) is 0 Å². The lowest BCUT2D eigenvalue weighted by atomic mass is 9.95. The fourth-order valence-corrected chi connectivity index (χ4v) is 3.09. The number of thiocarbonyl (C=S) groups is 1. The normalized spacial score (nSPS) is 12.5. The van der Waals surface area contributed by atoms with Crippen molar-refractivity contribution in [2.75, 3.05) is 5.32 Å². The average molecular weight is 308 g/mol. The Bertz CT molecular complexity index is 483. The summed E-state index contributed by atoms with van der Waals surface area (Å²) in [6, 6.07) is 0.319. The summed E-state index contributed by atoms with van der Waals surface area (Å²) in [6.07, 6.45) is 3.97. The maximum absolute atomic E-state index is 5.96. The fraction of sp³-hybridized carbons (Fsp3) is 0.688. The van der Waals surface area contributed by atoms with Gasteiger partial charge in [-0.3, -0.25) is 0 Å². The Kier molecular flexibility index (Phi) is 7.02. The summed E-state index contributed by atoms with van der Waals surface area (Å²) in [5.41, 5.74) is 8.94. The van der Waals surface area contributed by atoms with Gasteiger partial charge in [0.15, 0.2) is 5.82 Å². The zero-order valence-electron chi connectivity index (χ0n) is 13.9. The van der Waals surface area contributed by atoms with Crippen LogP contribution in [0.1, 0.15) is 64.3 Å². The minimum atomic E-state index is 0.319. The van der Waals surface area contributed by atoms with E-state index in [1.807, 2.05) is 0 Å². The Labute approximate surface area is 133 Å². The highest BCUT2D eigenvalue weighted by molar-refractivity contribution is 7.80. The van der Waals surface area contributed by atoms with Crippen molar-refractivity contribution in [3.8, 4) is 0 Å². The molecule has 1 atom stereocenters. The maximum atomic E-state index is 5.96. The van der Waals surface area contributed by atoms with Crippen molar-refractivity contribution < 1.29 is 0 Å². The number of aryl methyl sites for hydroxylation is 1. The Balaban J connectivity index is 3.21. The van der Waals surface area contributed by atoms with E-state index in [0.717, 1.165) is 48.3 Å². The van der Waals surface area contributed by atoms with Gasteiger partial charge in [0.1, 0.15) is 4.99 Å². The van der Waals surface area contributed by atoms with Crippen molar-refractivity contribution in [2.45, 2.75) is 66.3 Å². The summed E-state index contributed by atoms with van der Waals surface area (Å²) < 4.78 is 0. The molecule has 0 aliphatic rings. The van der Waals surface area contributed by atoms with Crippen LogP contribution in [-0.4, -0.2) is 21.2 Å². The van der Waals surface area contributed by atoms with Gasteiger partial charge in [-0.1, -0.05) is 52.8 Å². The molecule has 1 aromatic heterocycles. The van der Waals surface area contributed by atoms with E-state index in [-0.39, 0.29) is 0 Å². The Morgan fingerprint density at radius 1 is 1.14 bits per heavy atom. The molecule has 3 N–H and O–H groups in total. The SMILES string of the molecule is CCc1nnc(NC(C)C(CC)CC)c(C(N)=S)c1CC. The van der Waals surface area contributed by atoms with E-state index in [0.29, 0.717) is 16.9 Å². The van der Waals surface area contributed by atoms with Crippen LogP contribution < -0.4 is 11.1 Å². The molecular formula is C16H28N4S. The lowest BCUT2D eigenvalue weighted by Crippen LogP contribution is -2.28. The molecule has 0 saturated heterocycles. The molecule has 4 nitrogen and oxygen atoms in total. The van der Waals surface area contributed by atoms with Crippen LogP contribution >= 0.6 is 12.2 Å². The minimum Gasteiger partial charge on any atom is -0.389 e. The summed E-state index contributed by atoms with van der Waals surface area (Å²) in [4.78, 5) is 0.399. The molecule has 118 valence electrons. The van der Waals surface area contributed by atoms with Gasteiger partial charge < -0.3 is 11.1 Å². The van der Waals surface area contributed by atoms with Gasteiger partial charge in [-0.05, 0) is 31.2 Å². The van der Waals surface area contributed by atoms with Crippen LogP contribution in [0.3, 0.4) is 0 Å². The number of nitrogens with zero attached hydrogens (tertiary/aromatic N) is 2. The topological polar surface area (TPSA) is 63.8 Å². The van der Waals surface area contributed by atoms with Crippen molar-refractivity contribution in [2.24, 2.45) is 11.7 Å². The third-order valence-electron chi connectivity index (χ3n) is 4.21. The zero-order valence-corrected chi connectivity index (χ0v) is 14.7. The molecule has 0 aliphatic carbocycles. The van der Waals surface area contributed by atoms with E-state index in [2.05, 4.69) is 50.1 Å². The minimum absolute atomic E-state index is 0.319. The van der Waals surface area contributed by atoms with Crippen molar-refractivity contribution in [1.82, 2.24) is 10.2 Å². The molecule has 1 heterocycles. The molecule has 0 spiro atoms. The summed E-state index contributed by atoms with van der Waals surface area (Å²) in [5.74, 6) is 1.33. The summed E-state index contributed by atoms with van der Waals surface area (Å²) in [5, 5.41) is 12.2. The second-order valence-corrected chi connectivity index (χ2v) is 5.87. The smallest absolute Gasteiger partial charge is 0.159 e. The van der Waals surface area contributed by atoms with Gasteiger partial charge in [0.25, 0.3) is 0 Å². The molecule has 0 fully saturated rings. The van der Waals surface area contributed by atoms with Crippen LogP contribution in [0.4, 0.5) is 5.82 Å². The first-order valence-electron chi connectivity index (χ1n) is 7.94. The highest BCUT2D eigenvalue weighted by atomic mass is 32.1. The summed E-state index contributed by atoms with van der Waals surface area (Å²) >= 11 is 5.26. The molecule has 21 heavy (non-hydrogen) atoms. The van der Waals surface area contributed by atoms with Gasteiger partial charge in [0, 0.05) is 6.04 Å². The molecule has 1 aromatic rings. The van der Waals surface area contributed by atoms with E-state index >= 15 is 0 Å². The predicted molar refractivity (Wildman–Crippen MR) is 93.8 cm³/mol. The molecule has 1 rings (SSSR count). The van der Waals surface area contributed by atoms with Gasteiger partial charge in [-0.2, -0.15) is 5.10 Å². The van der Waals surface area contributed by atoms with Crippen LogP contribution in [0.2, 0.25) is 0 Å². The number of rotatable bonds is 8. The Morgan fingerprint density at radius 3 is 2.19 bits per heavy atom. The van der Waals surface area contributed by atoms with Crippen LogP contribution in [0, 0.1) is 5.92 Å². The van der Waals surface area contributed by atoms with Crippen molar-refractivity contribution in [3.63, 3.8) is 0 Å². The van der Waals surface area contributed by atoms with Gasteiger partial charge >= 0.3 is 0 Å². The van der Waals surface area contributed by atoms with Crippen LogP contribution in [0.5, 0.6) is 0 Å². The highest BCUT2D eigenvalue weighted by Crippen LogP contribution is 2.24. The second kappa shape index (κ2) is 8.27. The zero-order chi connectivity index (χ0) is 16.0. The predicted octanol–water partition coefficient (Wildman–Crippen LogP) is 3.47. The van der Waals surface area contributed by atoms with E-state index in [9.17, 15) is 0 Å². The fourth-order valence-electron chi connectivity index (χ4n) is 2.87.